The van der Waals surface area contributed by atoms with E-state index >= 15 is 0 Å². The van der Waals surface area contributed by atoms with Gasteiger partial charge in [-0.2, -0.15) is 5.10 Å². The van der Waals surface area contributed by atoms with E-state index in [1.807, 2.05) is 54.8 Å². The van der Waals surface area contributed by atoms with E-state index in [0.717, 1.165) is 21.5 Å². The van der Waals surface area contributed by atoms with Gasteiger partial charge in [0.1, 0.15) is 5.82 Å². The number of benzene rings is 2. The number of amides is 1. The summed E-state index contributed by atoms with van der Waals surface area (Å²) in [4.78, 5) is 12.5. The zero-order chi connectivity index (χ0) is 18.7. The Bertz CT molecular complexity index is 980. The predicted octanol–water partition coefficient (Wildman–Crippen LogP) is 4.76. The summed E-state index contributed by atoms with van der Waals surface area (Å²) in [6.07, 6.45) is 1.29. The molecule has 1 aromatic heterocycles. The smallest absolute Gasteiger partial charge is 0.273 e. The lowest BCUT2D eigenvalue weighted by Gasteiger charge is -2.09. The number of hydrogen-bond donors (Lipinski definition) is 1. The summed E-state index contributed by atoms with van der Waals surface area (Å²) in [5, 5.41) is 3.88. The number of rotatable bonds is 4. The Hall–Kier alpha value is -2.73. The molecule has 6 heteroatoms. The van der Waals surface area contributed by atoms with Crippen molar-refractivity contribution in [3.05, 3.63) is 87.4 Å². The summed E-state index contributed by atoms with van der Waals surface area (Å²) in [5.41, 5.74) is 6.02. The van der Waals surface area contributed by atoms with Crippen molar-refractivity contribution >= 4 is 28.1 Å². The Morgan fingerprint density at radius 3 is 2.62 bits per heavy atom. The maximum Gasteiger partial charge on any atom is 0.273 e. The predicted molar refractivity (Wildman–Crippen MR) is 104 cm³/mol. The third kappa shape index (κ3) is 3.75. The van der Waals surface area contributed by atoms with Crippen molar-refractivity contribution in [2.24, 2.45) is 5.10 Å². The van der Waals surface area contributed by atoms with Gasteiger partial charge < -0.3 is 4.57 Å². The van der Waals surface area contributed by atoms with Crippen LogP contribution in [0.15, 0.2) is 64.2 Å². The fraction of sp³-hybridized carbons (Fsp3) is 0.100. The van der Waals surface area contributed by atoms with Crippen molar-refractivity contribution in [2.45, 2.75) is 13.8 Å². The summed E-state index contributed by atoms with van der Waals surface area (Å²) in [6.45, 7) is 3.82. The largest absolute Gasteiger partial charge is 0.318 e. The minimum atomic E-state index is -0.409. The van der Waals surface area contributed by atoms with Crippen molar-refractivity contribution < 1.29 is 9.18 Å². The number of carbonyl (C=O) groups is 1. The molecule has 3 aromatic rings. The lowest BCUT2D eigenvalue weighted by molar-refractivity contribution is 0.0954. The number of hydrazone groups is 1. The van der Waals surface area contributed by atoms with Gasteiger partial charge in [-0.05, 0) is 50.2 Å². The third-order valence-electron chi connectivity index (χ3n) is 4.02. The molecule has 0 unspecified atom stereocenters. The Morgan fingerprint density at radius 1 is 1.15 bits per heavy atom. The molecule has 132 valence electrons. The van der Waals surface area contributed by atoms with Crippen LogP contribution in [0.1, 0.15) is 27.3 Å². The summed E-state index contributed by atoms with van der Waals surface area (Å²) >= 11 is 3.28. The first-order valence-electron chi connectivity index (χ1n) is 8.00. The topological polar surface area (TPSA) is 46.4 Å². The van der Waals surface area contributed by atoms with Crippen LogP contribution in [0, 0.1) is 19.7 Å². The Balaban J connectivity index is 1.81. The maximum atomic E-state index is 13.7. The van der Waals surface area contributed by atoms with Crippen LogP contribution in [0.3, 0.4) is 0 Å². The molecule has 1 heterocycles. The third-order valence-corrected chi connectivity index (χ3v) is 4.51. The first-order chi connectivity index (χ1) is 12.5. The quantitative estimate of drug-likeness (QED) is 0.486. The van der Waals surface area contributed by atoms with Crippen LogP contribution in [0.25, 0.3) is 5.69 Å². The molecule has 3 rings (SSSR count). The van der Waals surface area contributed by atoms with E-state index < -0.39 is 5.82 Å². The maximum absolute atomic E-state index is 13.7. The van der Waals surface area contributed by atoms with Gasteiger partial charge >= 0.3 is 0 Å². The molecule has 4 nitrogen and oxygen atoms in total. The molecule has 1 N–H and O–H groups in total. The molecule has 0 fully saturated rings. The molecule has 0 bridgehead atoms. The Morgan fingerprint density at radius 2 is 1.88 bits per heavy atom. The number of carbonyl (C=O) groups excluding carboxylic acids is 1. The normalized spacial score (nSPS) is 11.1. The van der Waals surface area contributed by atoms with Gasteiger partial charge in [0, 0.05) is 27.1 Å². The highest BCUT2D eigenvalue weighted by Crippen LogP contribution is 2.20. The molecule has 2 aromatic carbocycles. The highest BCUT2D eigenvalue weighted by atomic mass is 79.9. The van der Waals surface area contributed by atoms with E-state index in [9.17, 15) is 9.18 Å². The van der Waals surface area contributed by atoms with E-state index in [1.165, 1.54) is 12.3 Å². The van der Waals surface area contributed by atoms with Gasteiger partial charge in [0.25, 0.3) is 5.91 Å². The number of nitrogens with zero attached hydrogens (tertiary/aromatic N) is 2. The van der Waals surface area contributed by atoms with Crippen LogP contribution >= 0.6 is 15.9 Å². The van der Waals surface area contributed by atoms with Crippen LogP contribution in [0.4, 0.5) is 4.39 Å². The molecule has 0 aliphatic rings. The zero-order valence-electron chi connectivity index (χ0n) is 14.3. The number of nitrogens with one attached hydrogen (secondary N) is 1. The zero-order valence-corrected chi connectivity index (χ0v) is 15.9. The van der Waals surface area contributed by atoms with Crippen molar-refractivity contribution in [1.29, 1.82) is 0 Å². The molecule has 0 aliphatic heterocycles. The van der Waals surface area contributed by atoms with Crippen molar-refractivity contribution in [3.8, 4) is 5.69 Å². The van der Waals surface area contributed by atoms with E-state index in [-0.39, 0.29) is 11.5 Å². The number of para-hydroxylation sites is 1. The Labute approximate surface area is 159 Å². The van der Waals surface area contributed by atoms with Crippen LogP contribution in [-0.4, -0.2) is 16.7 Å². The molecular formula is C20H17BrFN3O. The molecule has 0 saturated heterocycles. The lowest BCUT2D eigenvalue weighted by Crippen LogP contribution is -2.18. The molecule has 0 saturated carbocycles. The molecule has 0 radical (unpaired) electrons. The summed E-state index contributed by atoms with van der Waals surface area (Å²) in [5.74, 6) is -0.750. The van der Waals surface area contributed by atoms with E-state index in [1.54, 1.807) is 12.1 Å². The minimum absolute atomic E-state index is 0.287. The average Bonchev–Trinajstić information content (AvgIpc) is 2.93. The lowest BCUT2D eigenvalue weighted by atomic mass is 10.2. The van der Waals surface area contributed by atoms with Crippen molar-refractivity contribution in [1.82, 2.24) is 9.99 Å². The van der Waals surface area contributed by atoms with Crippen LogP contribution in [0.5, 0.6) is 0 Å². The van der Waals surface area contributed by atoms with Gasteiger partial charge in [0.05, 0.1) is 11.8 Å². The van der Waals surface area contributed by atoms with Gasteiger partial charge in [0.15, 0.2) is 0 Å². The fourth-order valence-corrected chi connectivity index (χ4v) is 3.18. The van der Waals surface area contributed by atoms with E-state index in [0.29, 0.717) is 5.56 Å². The van der Waals surface area contributed by atoms with Crippen LogP contribution in [-0.2, 0) is 0 Å². The number of hydrogen-bond acceptors (Lipinski definition) is 2. The highest BCUT2D eigenvalue weighted by Gasteiger charge is 2.16. The van der Waals surface area contributed by atoms with Gasteiger partial charge in [-0.15, -0.1) is 0 Å². The summed E-state index contributed by atoms with van der Waals surface area (Å²) in [6, 6.07) is 16.1. The molecule has 0 aliphatic carbocycles. The van der Waals surface area contributed by atoms with Gasteiger partial charge in [0.2, 0.25) is 0 Å². The summed E-state index contributed by atoms with van der Waals surface area (Å²) in [7, 11) is 0. The SMILES string of the molecule is Cc1cc(C(=O)N/N=C/c2cc(Br)ccc2F)c(C)n1-c1ccccc1. The van der Waals surface area contributed by atoms with Crippen molar-refractivity contribution in [2.75, 3.05) is 0 Å². The molecule has 1 amide bonds. The minimum Gasteiger partial charge on any atom is -0.318 e. The number of aromatic nitrogens is 1. The van der Waals surface area contributed by atoms with E-state index in [2.05, 4.69) is 26.5 Å². The second-order valence-corrected chi connectivity index (χ2v) is 6.74. The van der Waals surface area contributed by atoms with Crippen molar-refractivity contribution in [3.63, 3.8) is 0 Å². The highest BCUT2D eigenvalue weighted by molar-refractivity contribution is 9.10. The van der Waals surface area contributed by atoms with Gasteiger partial charge in [-0.25, -0.2) is 9.82 Å². The second kappa shape index (κ2) is 7.66. The monoisotopic (exact) mass is 413 g/mol. The molecule has 0 atom stereocenters. The average molecular weight is 414 g/mol. The van der Waals surface area contributed by atoms with Crippen LogP contribution < -0.4 is 5.43 Å². The fourth-order valence-electron chi connectivity index (χ4n) is 2.80. The van der Waals surface area contributed by atoms with E-state index in [4.69, 9.17) is 0 Å². The first-order valence-corrected chi connectivity index (χ1v) is 8.79. The standard InChI is InChI=1S/C20H17BrFN3O/c1-13-10-18(14(2)25(13)17-6-4-3-5-7-17)20(26)24-23-12-15-11-16(21)8-9-19(15)22/h3-12H,1-2H3,(H,24,26)/b23-12+. The van der Waals surface area contributed by atoms with Crippen LogP contribution in [0.2, 0.25) is 0 Å². The molecule has 0 spiro atoms. The number of aryl methyl sites for hydroxylation is 1. The first kappa shape index (κ1) is 18.1. The van der Waals surface area contributed by atoms with Gasteiger partial charge in [-0.3, -0.25) is 4.79 Å². The summed E-state index contributed by atoms with van der Waals surface area (Å²) < 4.78 is 16.4. The second-order valence-electron chi connectivity index (χ2n) is 5.82. The number of halogens is 2. The molecule has 26 heavy (non-hydrogen) atoms. The Kier molecular flexibility index (Phi) is 5.32. The molecular weight excluding hydrogens is 397 g/mol. The van der Waals surface area contributed by atoms with Gasteiger partial charge in [-0.1, -0.05) is 34.1 Å².